The second-order valence-corrected chi connectivity index (χ2v) is 4.89. The number of aromatic hydroxyl groups is 1. The summed E-state index contributed by atoms with van der Waals surface area (Å²) in [6, 6.07) is 15.8. The first-order valence-corrected chi connectivity index (χ1v) is 6.67. The molecule has 0 aliphatic heterocycles. The normalized spacial score (nSPS) is 11.4. The Labute approximate surface area is 123 Å². The monoisotopic (exact) mass is 280 g/mol. The lowest BCUT2D eigenvalue weighted by atomic mass is 9.96. The van der Waals surface area contributed by atoms with Crippen LogP contribution in [0.25, 0.3) is 0 Å². The molecule has 0 fully saturated rings. The highest BCUT2D eigenvalue weighted by Crippen LogP contribution is 2.21. The number of hydrogen-bond donors (Lipinski definition) is 2. The zero-order valence-corrected chi connectivity index (χ0v) is 11.7. The van der Waals surface area contributed by atoms with Crippen molar-refractivity contribution in [3.05, 3.63) is 59.7 Å². The second-order valence-electron chi connectivity index (χ2n) is 4.89. The molecule has 0 spiro atoms. The van der Waals surface area contributed by atoms with Crippen LogP contribution in [0.15, 0.2) is 48.5 Å². The Hall–Kier alpha value is -2.80. The maximum atomic E-state index is 12.2. The molecule has 0 bridgehead atoms. The second kappa shape index (κ2) is 6.58. The van der Waals surface area contributed by atoms with E-state index >= 15 is 0 Å². The van der Waals surface area contributed by atoms with Gasteiger partial charge in [-0.1, -0.05) is 25.1 Å². The van der Waals surface area contributed by atoms with Crippen LogP contribution in [0.4, 0.5) is 5.69 Å². The van der Waals surface area contributed by atoms with Crippen LogP contribution in [0.1, 0.15) is 35.2 Å². The molecular formula is C17H16N2O2. The number of nitrogens with one attached hydrogen (secondary N) is 1. The van der Waals surface area contributed by atoms with E-state index in [2.05, 4.69) is 11.4 Å². The minimum atomic E-state index is -0.244. The lowest BCUT2D eigenvalue weighted by molar-refractivity contribution is 0.102. The highest BCUT2D eigenvalue weighted by Gasteiger charge is 2.10. The molecule has 0 saturated heterocycles. The van der Waals surface area contributed by atoms with E-state index in [0.717, 1.165) is 5.56 Å². The van der Waals surface area contributed by atoms with Crippen LogP contribution < -0.4 is 5.32 Å². The van der Waals surface area contributed by atoms with Crippen molar-refractivity contribution in [2.75, 3.05) is 5.32 Å². The topological polar surface area (TPSA) is 73.1 Å². The van der Waals surface area contributed by atoms with Gasteiger partial charge in [-0.3, -0.25) is 4.79 Å². The fourth-order valence-electron chi connectivity index (χ4n) is 2.03. The largest absolute Gasteiger partial charge is 0.508 e. The average Bonchev–Trinajstić information content (AvgIpc) is 2.47. The van der Waals surface area contributed by atoms with Crippen molar-refractivity contribution in [1.29, 1.82) is 5.26 Å². The third-order valence-electron chi connectivity index (χ3n) is 3.22. The highest BCUT2D eigenvalue weighted by molar-refractivity contribution is 6.04. The first-order chi connectivity index (χ1) is 10.1. The Morgan fingerprint density at radius 3 is 2.76 bits per heavy atom. The van der Waals surface area contributed by atoms with Crippen LogP contribution in [-0.2, 0) is 0 Å². The van der Waals surface area contributed by atoms with Crippen LogP contribution >= 0.6 is 0 Å². The molecule has 0 aromatic heterocycles. The van der Waals surface area contributed by atoms with E-state index < -0.39 is 0 Å². The Balaban J connectivity index is 2.16. The average molecular weight is 280 g/mol. The molecule has 0 aliphatic carbocycles. The van der Waals surface area contributed by atoms with Crippen LogP contribution in [0.2, 0.25) is 0 Å². The van der Waals surface area contributed by atoms with Crippen molar-refractivity contribution in [2.45, 2.75) is 19.3 Å². The molecule has 0 heterocycles. The number of rotatable bonds is 4. The standard InChI is InChI=1S/C17H16N2O2/c1-12(8-9-18)13-4-2-5-14(10-13)17(21)19-15-6-3-7-16(20)11-15/h2-7,10-12,20H,8H2,1H3,(H,19,21). The summed E-state index contributed by atoms with van der Waals surface area (Å²) in [5.41, 5.74) is 2.02. The number of benzene rings is 2. The maximum absolute atomic E-state index is 12.2. The third-order valence-corrected chi connectivity index (χ3v) is 3.22. The van der Waals surface area contributed by atoms with Gasteiger partial charge in [0.2, 0.25) is 0 Å². The third kappa shape index (κ3) is 3.83. The molecule has 0 saturated carbocycles. The van der Waals surface area contributed by atoms with Gasteiger partial charge < -0.3 is 10.4 Å². The smallest absolute Gasteiger partial charge is 0.255 e. The summed E-state index contributed by atoms with van der Waals surface area (Å²) in [6.45, 7) is 1.95. The van der Waals surface area contributed by atoms with E-state index in [1.165, 1.54) is 6.07 Å². The molecule has 2 rings (SSSR count). The van der Waals surface area contributed by atoms with Gasteiger partial charge in [-0.05, 0) is 35.7 Å². The quantitative estimate of drug-likeness (QED) is 0.897. The highest BCUT2D eigenvalue weighted by atomic mass is 16.3. The Morgan fingerprint density at radius 2 is 2.05 bits per heavy atom. The number of carbonyl (C=O) groups excluding carboxylic acids is 1. The number of amides is 1. The number of hydrogen-bond acceptors (Lipinski definition) is 3. The molecule has 4 nitrogen and oxygen atoms in total. The Morgan fingerprint density at radius 1 is 1.29 bits per heavy atom. The van der Waals surface area contributed by atoms with Gasteiger partial charge in [0.25, 0.3) is 5.91 Å². The maximum Gasteiger partial charge on any atom is 0.255 e. The number of phenols is 1. The van der Waals surface area contributed by atoms with E-state index in [-0.39, 0.29) is 17.6 Å². The lowest BCUT2D eigenvalue weighted by Gasteiger charge is -2.10. The zero-order valence-electron chi connectivity index (χ0n) is 11.7. The van der Waals surface area contributed by atoms with Crippen molar-refractivity contribution in [3.63, 3.8) is 0 Å². The fraction of sp³-hybridized carbons (Fsp3) is 0.176. The lowest BCUT2D eigenvalue weighted by Crippen LogP contribution is -2.12. The minimum absolute atomic E-state index is 0.0866. The van der Waals surface area contributed by atoms with Crippen molar-refractivity contribution in [1.82, 2.24) is 0 Å². The predicted molar refractivity (Wildman–Crippen MR) is 81.1 cm³/mol. The molecule has 2 N–H and O–H groups in total. The SMILES string of the molecule is CC(CC#N)c1cccc(C(=O)Nc2cccc(O)c2)c1. The van der Waals surface area contributed by atoms with E-state index in [4.69, 9.17) is 5.26 Å². The van der Waals surface area contributed by atoms with Crippen molar-refractivity contribution < 1.29 is 9.90 Å². The number of carbonyl (C=O) groups is 1. The fourth-order valence-corrected chi connectivity index (χ4v) is 2.03. The summed E-state index contributed by atoms with van der Waals surface area (Å²) in [5, 5.41) is 20.9. The number of nitrogens with zero attached hydrogens (tertiary/aromatic N) is 1. The van der Waals surface area contributed by atoms with Crippen molar-refractivity contribution in [3.8, 4) is 11.8 Å². The summed E-state index contributed by atoms with van der Waals surface area (Å²) in [7, 11) is 0. The molecule has 0 radical (unpaired) electrons. The molecule has 1 unspecified atom stereocenters. The van der Waals surface area contributed by atoms with Gasteiger partial charge in [0.1, 0.15) is 5.75 Å². The molecule has 4 heteroatoms. The van der Waals surface area contributed by atoms with Crippen LogP contribution in [0.5, 0.6) is 5.75 Å². The molecule has 1 atom stereocenters. The molecular weight excluding hydrogens is 264 g/mol. The van der Waals surface area contributed by atoms with Gasteiger partial charge in [-0.25, -0.2) is 0 Å². The molecule has 21 heavy (non-hydrogen) atoms. The number of anilines is 1. The Bertz CT molecular complexity index is 689. The summed E-state index contributed by atoms with van der Waals surface area (Å²) < 4.78 is 0. The summed E-state index contributed by atoms with van der Waals surface area (Å²) in [6.07, 6.45) is 0.414. The van der Waals surface area contributed by atoms with Gasteiger partial charge in [0.05, 0.1) is 6.07 Å². The van der Waals surface area contributed by atoms with E-state index in [9.17, 15) is 9.90 Å². The number of nitriles is 1. The first-order valence-electron chi connectivity index (χ1n) is 6.67. The van der Waals surface area contributed by atoms with E-state index in [0.29, 0.717) is 17.7 Å². The van der Waals surface area contributed by atoms with E-state index in [1.807, 2.05) is 13.0 Å². The molecule has 2 aromatic rings. The van der Waals surface area contributed by atoms with Gasteiger partial charge >= 0.3 is 0 Å². The summed E-state index contributed by atoms with van der Waals surface area (Å²) in [5.74, 6) is -0.0562. The predicted octanol–water partition coefficient (Wildman–Crippen LogP) is 3.66. The van der Waals surface area contributed by atoms with Crippen LogP contribution in [-0.4, -0.2) is 11.0 Å². The van der Waals surface area contributed by atoms with Crippen molar-refractivity contribution >= 4 is 11.6 Å². The molecule has 0 aliphatic rings. The van der Waals surface area contributed by atoms with E-state index in [1.54, 1.807) is 36.4 Å². The molecule has 1 amide bonds. The van der Waals surface area contributed by atoms with Gasteiger partial charge in [0, 0.05) is 23.7 Å². The molecule has 106 valence electrons. The first kappa shape index (κ1) is 14.6. The number of phenolic OH excluding ortho intramolecular Hbond substituents is 1. The summed E-state index contributed by atoms with van der Waals surface area (Å²) >= 11 is 0. The van der Waals surface area contributed by atoms with Crippen molar-refractivity contribution in [2.24, 2.45) is 0 Å². The van der Waals surface area contributed by atoms with Gasteiger partial charge in [0.15, 0.2) is 0 Å². The Kier molecular flexibility index (Phi) is 4.57. The van der Waals surface area contributed by atoms with Gasteiger partial charge in [-0.15, -0.1) is 0 Å². The summed E-state index contributed by atoms with van der Waals surface area (Å²) in [4.78, 5) is 12.2. The van der Waals surface area contributed by atoms with Gasteiger partial charge in [-0.2, -0.15) is 5.26 Å². The molecule has 2 aromatic carbocycles. The van der Waals surface area contributed by atoms with Crippen LogP contribution in [0, 0.1) is 11.3 Å². The minimum Gasteiger partial charge on any atom is -0.508 e. The van der Waals surface area contributed by atoms with Crippen LogP contribution in [0.3, 0.4) is 0 Å². The zero-order chi connectivity index (χ0) is 15.2.